The monoisotopic (exact) mass is 296 g/mol. The van der Waals surface area contributed by atoms with Gasteiger partial charge in [0, 0.05) is 11.6 Å². The number of nitrogens with zero attached hydrogens (tertiary/aromatic N) is 1. The molecule has 6 nitrogen and oxygen atoms in total. The standard InChI is InChI=1S/C16H12N2O4/c17-7-11-15(8-1-4-12(20)13(21)5-8)10-3-2-9(19)6-14(10)22-16(11)18/h1-6,15,19-21H,18H2/t15-/m1/s1. The van der Waals surface area contributed by atoms with Gasteiger partial charge in [0.25, 0.3) is 0 Å². The summed E-state index contributed by atoms with van der Waals surface area (Å²) in [5.74, 6) is -0.801. The quantitative estimate of drug-likeness (QED) is 0.598. The van der Waals surface area contributed by atoms with Crippen LogP contribution < -0.4 is 10.5 Å². The Labute approximate surface area is 125 Å². The Kier molecular flexibility index (Phi) is 3.04. The summed E-state index contributed by atoms with van der Waals surface area (Å²) in [5, 5.41) is 38.1. The number of hydrogen-bond acceptors (Lipinski definition) is 6. The van der Waals surface area contributed by atoms with Crippen LogP contribution in [0.2, 0.25) is 0 Å². The number of nitrogens with two attached hydrogens (primary N) is 1. The van der Waals surface area contributed by atoms with E-state index in [1.54, 1.807) is 12.1 Å². The van der Waals surface area contributed by atoms with Crippen molar-refractivity contribution < 1.29 is 20.1 Å². The maximum Gasteiger partial charge on any atom is 0.205 e. The Morgan fingerprint density at radius 3 is 2.50 bits per heavy atom. The molecule has 1 heterocycles. The minimum atomic E-state index is -0.555. The number of ether oxygens (including phenoxy) is 1. The second kappa shape index (κ2) is 4.90. The van der Waals surface area contributed by atoms with Gasteiger partial charge in [-0.1, -0.05) is 12.1 Å². The van der Waals surface area contributed by atoms with Crippen molar-refractivity contribution >= 4 is 0 Å². The van der Waals surface area contributed by atoms with E-state index in [4.69, 9.17) is 10.5 Å². The minimum absolute atomic E-state index is 0.0132. The number of allylic oxidation sites excluding steroid dienone is 1. The van der Waals surface area contributed by atoms with E-state index in [1.807, 2.05) is 6.07 Å². The van der Waals surface area contributed by atoms with Gasteiger partial charge in [0.1, 0.15) is 23.1 Å². The molecule has 1 aliphatic rings. The van der Waals surface area contributed by atoms with Crippen molar-refractivity contribution in [2.75, 3.05) is 0 Å². The van der Waals surface area contributed by atoms with Crippen LogP contribution in [0.3, 0.4) is 0 Å². The van der Waals surface area contributed by atoms with Gasteiger partial charge in [-0.05, 0) is 23.8 Å². The fraction of sp³-hybridized carbons (Fsp3) is 0.0625. The van der Waals surface area contributed by atoms with E-state index < -0.39 is 5.92 Å². The summed E-state index contributed by atoms with van der Waals surface area (Å²) in [6.07, 6.45) is 0. The lowest BCUT2D eigenvalue weighted by molar-refractivity contribution is 0.387. The van der Waals surface area contributed by atoms with Crippen LogP contribution in [0.1, 0.15) is 17.0 Å². The molecule has 0 bridgehead atoms. The third-order valence-corrected chi connectivity index (χ3v) is 3.54. The van der Waals surface area contributed by atoms with Gasteiger partial charge in [-0.15, -0.1) is 0 Å². The molecule has 0 spiro atoms. The first kappa shape index (κ1) is 13.6. The van der Waals surface area contributed by atoms with Gasteiger partial charge in [-0.25, -0.2) is 0 Å². The van der Waals surface area contributed by atoms with Crippen LogP contribution in [0, 0.1) is 11.3 Å². The number of rotatable bonds is 1. The molecule has 0 amide bonds. The van der Waals surface area contributed by atoms with Gasteiger partial charge < -0.3 is 25.8 Å². The summed E-state index contributed by atoms with van der Waals surface area (Å²) in [5.41, 5.74) is 7.20. The molecule has 2 aromatic carbocycles. The molecule has 6 heteroatoms. The van der Waals surface area contributed by atoms with E-state index in [9.17, 15) is 20.6 Å². The highest BCUT2D eigenvalue weighted by molar-refractivity contribution is 5.58. The predicted octanol–water partition coefficient (Wildman–Crippen LogP) is 2.02. The summed E-state index contributed by atoms with van der Waals surface area (Å²) >= 11 is 0. The third-order valence-electron chi connectivity index (χ3n) is 3.54. The number of phenolic OH excluding ortho intramolecular Hbond substituents is 3. The second-order valence-electron chi connectivity index (χ2n) is 4.90. The molecule has 110 valence electrons. The molecule has 2 aromatic rings. The molecule has 1 aliphatic heterocycles. The number of nitriles is 1. The number of benzene rings is 2. The SMILES string of the molecule is N#CC1=C(N)Oc2cc(O)ccc2[C@H]1c1ccc(O)c(O)c1. The highest BCUT2D eigenvalue weighted by Crippen LogP contribution is 2.44. The van der Waals surface area contributed by atoms with Crippen LogP contribution >= 0.6 is 0 Å². The molecule has 22 heavy (non-hydrogen) atoms. The lowest BCUT2D eigenvalue weighted by Crippen LogP contribution is -2.20. The van der Waals surface area contributed by atoms with Gasteiger partial charge in [0.2, 0.25) is 5.88 Å². The molecule has 0 saturated heterocycles. The van der Waals surface area contributed by atoms with Crippen molar-refractivity contribution in [3.05, 3.63) is 59.0 Å². The highest BCUT2D eigenvalue weighted by Gasteiger charge is 2.31. The summed E-state index contributed by atoms with van der Waals surface area (Å²) in [4.78, 5) is 0. The topological polar surface area (TPSA) is 120 Å². The normalized spacial score (nSPS) is 16.6. The van der Waals surface area contributed by atoms with E-state index in [2.05, 4.69) is 0 Å². The van der Waals surface area contributed by atoms with Crippen molar-refractivity contribution in [2.45, 2.75) is 5.92 Å². The lowest BCUT2D eigenvalue weighted by atomic mass is 9.83. The lowest BCUT2D eigenvalue weighted by Gasteiger charge is -2.26. The molecular formula is C16H12N2O4. The van der Waals surface area contributed by atoms with Gasteiger partial charge in [-0.3, -0.25) is 0 Å². The van der Waals surface area contributed by atoms with Gasteiger partial charge >= 0.3 is 0 Å². The average molecular weight is 296 g/mol. The largest absolute Gasteiger partial charge is 0.508 e. The zero-order chi connectivity index (χ0) is 15.9. The molecule has 0 aromatic heterocycles. The molecule has 0 unspecified atom stereocenters. The maximum atomic E-state index is 9.70. The van der Waals surface area contributed by atoms with Crippen molar-refractivity contribution in [1.29, 1.82) is 5.26 Å². The van der Waals surface area contributed by atoms with Crippen molar-refractivity contribution in [3.8, 4) is 29.1 Å². The van der Waals surface area contributed by atoms with Crippen LogP contribution in [0.15, 0.2) is 47.9 Å². The molecule has 5 N–H and O–H groups in total. The van der Waals surface area contributed by atoms with E-state index >= 15 is 0 Å². The molecule has 0 aliphatic carbocycles. The van der Waals surface area contributed by atoms with E-state index in [0.29, 0.717) is 16.9 Å². The first-order valence-corrected chi connectivity index (χ1v) is 6.43. The zero-order valence-corrected chi connectivity index (χ0v) is 11.3. The van der Waals surface area contributed by atoms with Crippen molar-refractivity contribution in [2.24, 2.45) is 5.73 Å². The average Bonchev–Trinajstić information content (AvgIpc) is 2.48. The van der Waals surface area contributed by atoms with Crippen molar-refractivity contribution in [3.63, 3.8) is 0 Å². The van der Waals surface area contributed by atoms with Crippen LogP contribution in [-0.4, -0.2) is 15.3 Å². The zero-order valence-electron chi connectivity index (χ0n) is 11.3. The molecule has 0 radical (unpaired) electrons. The Bertz CT molecular complexity index is 837. The molecular weight excluding hydrogens is 284 g/mol. The van der Waals surface area contributed by atoms with Crippen LogP contribution in [0.25, 0.3) is 0 Å². The van der Waals surface area contributed by atoms with E-state index in [0.717, 1.165) is 0 Å². The maximum absolute atomic E-state index is 9.70. The predicted molar refractivity (Wildman–Crippen MR) is 77.2 cm³/mol. The summed E-state index contributed by atoms with van der Waals surface area (Å²) in [7, 11) is 0. The number of phenols is 3. The first-order chi connectivity index (χ1) is 10.5. The van der Waals surface area contributed by atoms with Gasteiger partial charge in [-0.2, -0.15) is 5.26 Å². The molecule has 0 fully saturated rings. The smallest absolute Gasteiger partial charge is 0.205 e. The van der Waals surface area contributed by atoms with E-state index in [1.165, 1.54) is 24.3 Å². The van der Waals surface area contributed by atoms with Gasteiger partial charge in [0.05, 0.1) is 5.92 Å². The van der Waals surface area contributed by atoms with Crippen LogP contribution in [0.4, 0.5) is 0 Å². The van der Waals surface area contributed by atoms with Crippen molar-refractivity contribution in [1.82, 2.24) is 0 Å². The summed E-state index contributed by atoms with van der Waals surface area (Å²) < 4.78 is 5.38. The first-order valence-electron chi connectivity index (χ1n) is 6.43. The number of hydrogen-bond donors (Lipinski definition) is 4. The summed E-state index contributed by atoms with van der Waals surface area (Å²) in [6.45, 7) is 0. The minimum Gasteiger partial charge on any atom is -0.508 e. The highest BCUT2D eigenvalue weighted by atomic mass is 16.5. The second-order valence-corrected chi connectivity index (χ2v) is 4.90. The van der Waals surface area contributed by atoms with Crippen LogP contribution in [0.5, 0.6) is 23.0 Å². The van der Waals surface area contributed by atoms with Crippen LogP contribution in [-0.2, 0) is 0 Å². The summed E-state index contributed by atoms with van der Waals surface area (Å²) in [6, 6.07) is 10.8. The Morgan fingerprint density at radius 2 is 1.82 bits per heavy atom. The van der Waals surface area contributed by atoms with E-state index in [-0.39, 0.29) is 28.7 Å². The Hall–Kier alpha value is -3.33. The molecule has 0 saturated carbocycles. The molecule has 3 rings (SSSR count). The Balaban J connectivity index is 2.23. The Morgan fingerprint density at radius 1 is 1.05 bits per heavy atom. The fourth-order valence-corrected chi connectivity index (χ4v) is 2.51. The number of fused-ring (bicyclic) bond motifs is 1. The van der Waals surface area contributed by atoms with Gasteiger partial charge in [0.15, 0.2) is 11.5 Å². The number of aromatic hydroxyl groups is 3. The fourth-order valence-electron chi connectivity index (χ4n) is 2.51. The third kappa shape index (κ3) is 2.05. The molecule has 1 atom stereocenters.